The van der Waals surface area contributed by atoms with Gasteiger partial charge >= 0.3 is 17.1 Å². The number of ether oxygens (including phenoxy) is 1. The van der Waals surface area contributed by atoms with Crippen molar-refractivity contribution >= 4 is 23.5 Å². The van der Waals surface area contributed by atoms with Gasteiger partial charge < -0.3 is 28.2 Å². The molecule has 0 aromatic rings. The number of amidine groups is 1. The first-order valence-corrected chi connectivity index (χ1v) is 3.46. The largest absolute Gasteiger partial charge is 1.00 e. The first kappa shape index (κ1) is 14.7. The van der Waals surface area contributed by atoms with Gasteiger partial charge in [0.05, 0.1) is 12.8 Å². The number of aliphatic hydroxyl groups excluding tert-OH is 1. The van der Waals surface area contributed by atoms with Gasteiger partial charge in [-0.05, 0) is 12.1 Å². The molecule has 0 rings (SSSR count). The summed E-state index contributed by atoms with van der Waals surface area (Å²) in [7, 11) is 1.34. The summed E-state index contributed by atoms with van der Waals surface area (Å²) in [6, 6.07) is 0. The van der Waals surface area contributed by atoms with Crippen molar-refractivity contribution < 1.29 is 26.9 Å². The van der Waals surface area contributed by atoms with Crippen molar-refractivity contribution in [3.63, 3.8) is 0 Å². The van der Waals surface area contributed by atoms with Gasteiger partial charge in [0.2, 0.25) is 0 Å². The van der Waals surface area contributed by atoms with Crippen LogP contribution in [0, 0.1) is 0 Å². The second-order valence-corrected chi connectivity index (χ2v) is 2.28. The molecule has 13 heavy (non-hydrogen) atoms. The summed E-state index contributed by atoms with van der Waals surface area (Å²) in [5.74, 6) is -0.241. The van der Waals surface area contributed by atoms with Crippen LogP contribution in [0.1, 0.15) is 6.92 Å². The van der Waals surface area contributed by atoms with E-state index in [9.17, 15) is 0 Å². The second kappa shape index (κ2) is 7.85. The topological polar surface area (TPSA) is 80.2 Å². The molecule has 0 saturated heterocycles. The average molecular weight is 252 g/mol. The SMILES string of the molecule is CO/C(O)=C/C(C)=N/N=C(/N)[S-].[Cu+]. The summed E-state index contributed by atoms with van der Waals surface area (Å²) in [6.45, 7) is 1.62. The van der Waals surface area contributed by atoms with Crippen molar-refractivity contribution in [2.24, 2.45) is 15.9 Å². The van der Waals surface area contributed by atoms with Crippen LogP contribution >= 0.6 is 0 Å². The average Bonchev–Trinajstić information content (AvgIpc) is 2.00. The Labute approximate surface area is 92.6 Å². The van der Waals surface area contributed by atoms with E-state index in [-0.39, 0.29) is 28.2 Å². The zero-order valence-electron chi connectivity index (χ0n) is 7.11. The minimum atomic E-state index is -0.241. The zero-order chi connectivity index (χ0) is 9.56. The van der Waals surface area contributed by atoms with Gasteiger partial charge in [0, 0.05) is 6.08 Å². The van der Waals surface area contributed by atoms with E-state index in [0.717, 1.165) is 0 Å². The Morgan fingerprint density at radius 3 is 2.46 bits per heavy atom. The predicted octanol–water partition coefficient (Wildman–Crippen LogP) is 0.267. The molecule has 7 heteroatoms. The molecule has 0 unspecified atom stereocenters. The Morgan fingerprint density at radius 1 is 1.54 bits per heavy atom. The molecule has 0 aromatic heterocycles. The standard InChI is InChI=1S/C6H11N3O2S.Cu/c1-4(3-5(10)11-2)8-9-6(7)12;/h3,10H,1-2H3,(H3,7,9,12);/q;+1/p-1/b5-3+,8-4+;. The van der Waals surface area contributed by atoms with E-state index < -0.39 is 0 Å². The number of hydrogen-bond donors (Lipinski definition) is 2. The normalized spacial score (nSPS) is 13.5. The van der Waals surface area contributed by atoms with Crippen molar-refractivity contribution in [2.75, 3.05) is 7.11 Å². The van der Waals surface area contributed by atoms with Gasteiger partial charge in [-0.25, -0.2) is 0 Å². The maximum atomic E-state index is 8.85. The fraction of sp³-hybridized carbons (Fsp3) is 0.333. The van der Waals surface area contributed by atoms with Gasteiger partial charge in [0.1, 0.15) is 0 Å². The third-order valence-corrected chi connectivity index (χ3v) is 0.929. The van der Waals surface area contributed by atoms with Crippen molar-refractivity contribution in [1.82, 2.24) is 0 Å². The molecule has 0 radical (unpaired) electrons. The van der Waals surface area contributed by atoms with Crippen molar-refractivity contribution in [2.45, 2.75) is 6.92 Å². The summed E-state index contributed by atoms with van der Waals surface area (Å²) in [4.78, 5) is 0. The van der Waals surface area contributed by atoms with Crippen LogP contribution in [-0.4, -0.2) is 23.1 Å². The van der Waals surface area contributed by atoms with Gasteiger partial charge in [0.15, 0.2) is 0 Å². The molecule has 0 spiro atoms. The molecule has 0 aliphatic rings. The minimum absolute atomic E-state index is 0. The summed E-state index contributed by atoms with van der Waals surface area (Å²) < 4.78 is 4.46. The van der Waals surface area contributed by atoms with Crippen molar-refractivity contribution in [3.05, 3.63) is 12.0 Å². The molecular weight excluding hydrogens is 242 g/mol. The van der Waals surface area contributed by atoms with E-state index in [1.54, 1.807) is 6.92 Å². The molecule has 78 valence electrons. The number of hydrogen-bond acceptors (Lipinski definition) is 5. The van der Waals surface area contributed by atoms with Gasteiger partial charge in [-0.1, -0.05) is 0 Å². The molecule has 0 aromatic carbocycles. The molecule has 5 nitrogen and oxygen atoms in total. The monoisotopic (exact) mass is 251 g/mol. The van der Waals surface area contributed by atoms with E-state index in [4.69, 9.17) is 10.8 Å². The molecule has 0 amide bonds. The fourth-order valence-corrected chi connectivity index (χ4v) is 0.435. The van der Waals surface area contributed by atoms with Crippen molar-refractivity contribution in [1.29, 1.82) is 0 Å². The number of methoxy groups -OCH3 is 1. The minimum Gasteiger partial charge on any atom is -0.741 e. The number of aliphatic hydroxyl groups is 1. The molecular formula is C6H10CuN3O2S. The molecule has 0 bridgehead atoms. The van der Waals surface area contributed by atoms with Gasteiger partial charge in [-0.15, -0.1) is 0 Å². The number of allylic oxidation sites excluding steroid dienone is 1. The Balaban J connectivity index is 0. The molecule has 0 saturated carbocycles. The molecule has 0 fully saturated rings. The smallest absolute Gasteiger partial charge is 0.741 e. The molecule has 0 aliphatic heterocycles. The van der Waals surface area contributed by atoms with Crippen LogP contribution in [0.3, 0.4) is 0 Å². The number of nitrogens with zero attached hydrogens (tertiary/aromatic N) is 2. The Morgan fingerprint density at radius 2 is 2.08 bits per heavy atom. The molecule has 0 heterocycles. The van der Waals surface area contributed by atoms with Crippen molar-refractivity contribution in [3.8, 4) is 0 Å². The summed E-state index contributed by atoms with van der Waals surface area (Å²) in [5, 5.41) is 15.8. The summed E-state index contributed by atoms with van der Waals surface area (Å²) in [5.41, 5.74) is 5.49. The van der Waals surface area contributed by atoms with E-state index in [1.165, 1.54) is 13.2 Å². The van der Waals surface area contributed by atoms with Crippen LogP contribution < -0.4 is 5.73 Å². The van der Waals surface area contributed by atoms with Gasteiger partial charge in [0.25, 0.3) is 5.95 Å². The van der Waals surface area contributed by atoms with Gasteiger partial charge in [-0.3, -0.25) is 0 Å². The maximum Gasteiger partial charge on any atom is 1.00 e. The Hall–Kier alpha value is -0.781. The summed E-state index contributed by atoms with van der Waals surface area (Å²) >= 11 is 4.45. The first-order chi connectivity index (χ1) is 5.56. The van der Waals surface area contributed by atoms with Crippen LogP contribution in [0.5, 0.6) is 0 Å². The van der Waals surface area contributed by atoms with Crippen LogP contribution in [-0.2, 0) is 34.4 Å². The second-order valence-electron chi connectivity index (χ2n) is 1.87. The predicted molar refractivity (Wildman–Crippen MR) is 49.8 cm³/mol. The fourth-order valence-electron chi connectivity index (χ4n) is 0.395. The molecule has 0 aliphatic carbocycles. The first-order valence-electron chi connectivity index (χ1n) is 3.05. The van der Waals surface area contributed by atoms with Gasteiger partial charge in [-0.2, -0.15) is 10.2 Å². The Bertz CT molecular complexity index is 236. The third kappa shape index (κ3) is 9.13. The van der Waals surface area contributed by atoms with Crippen LogP contribution in [0.4, 0.5) is 0 Å². The number of rotatable bonds is 3. The van der Waals surface area contributed by atoms with E-state index in [0.29, 0.717) is 5.71 Å². The zero-order valence-corrected chi connectivity index (χ0v) is 8.87. The van der Waals surface area contributed by atoms with Crippen LogP contribution in [0.25, 0.3) is 0 Å². The third-order valence-electron chi connectivity index (χ3n) is 0.848. The van der Waals surface area contributed by atoms with E-state index in [1.807, 2.05) is 0 Å². The van der Waals surface area contributed by atoms with Crippen LogP contribution in [0.15, 0.2) is 22.2 Å². The molecule has 0 atom stereocenters. The number of nitrogens with two attached hydrogens (primary N) is 1. The summed E-state index contributed by atoms with van der Waals surface area (Å²) in [6.07, 6.45) is 1.29. The van der Waals surface area contributed by atoms with E-state index >= 15 is 0 Å². The Kier molecular flexibility index (Phi) is 8.89. The van der Waals surface area contributed by atoms with Crippen LogP contribution in [0.2, 0.25) is 0 Å². The van der Waals surface area contributed by atoms with E-state index in [2.05, 4.69) is 27.6 Å². The molecule has 3 N–H and O–H groups in total. The maximum absolute atomic E-state index is 8.85. The quantitative estimate of drug-likeness (QED) is 0.188.